The van der Waals surface area contributed by atoms with Crippen LogP contribution >= 0.6 is 0 Å². The Morgan fingerprint density at radius 3 is 1.80 bits per heavy atom. The van der Waals surface area contributed by atoms with Crippen LogP contribution in [0.3, 0.4) is 0 Å². The Balaban J connectivity index is 4.11. The molecule has 0 aliphatic carbocycles. The molecule has 0 spiro atoms. The topological polar surface area (TPSA) is 131 Å². The number of ether oxygens (including phenoxy) is 1. The number of hydrogen-bond donors (Lipinski definition) is 6. The number of aliphatic hydroxyl groups is 6. The molecule has 0 rings (SSSR count). The van der Waals surface area contributed by atoms with Gasteiger partial charge in [-0.15, -0.1) is 0 Å². The highest BCUT2D eigenvalue weighted by Crippen LogP contribution is 2.11. The molecular formula is C12H28O7Si. The quantitative estimate of drug-likeness (QED) is 0.206. The molecule has 0 aromatic carbocycles. The van der Waals surface area contributed by atoms with Gasteiger partial charge in [0.2, 0.25) is 0 Å². The molecule has 0 aliphatic heterocycles. The maximum absolute atomic E-state index is 9.64. The normalized spacial score (nSPS) is 20.2. The predicted octanol–water partition coefficient (Wildman–Crippen LogP) is -1.86. The molecule has 0 radical (unpaired) electrons. The minimum atomic E-state index is -1.77. The van der Waals surface area contributed by atoms with Crippen LogP contribution < -0.4 is 0 Å². The molecule has 0 bridgehead atoms. The third kappa shape index (κ3) is 7.65. The van der Waals surface area contributed by atoms with Crippen molar-refractivity contribution in [1.29, 1.82) is 0 Å². The molecule has 0 aromatic heterocycles. The molecule has 0 saturated carbocycles. The largest absolute Gasteiger partial charge is 0.394 e. The summed E-state index contributed by atoms with van der Waals surface area (Å²) in [5.74, 6) is 0. The van der Waals surface area contributed by atoms with Crippen molar-refractivity contribution in [3.05, 3.63) is 0 Å². The van der Waals surface area contributed by atoms with Crippen molar-refractivity contribution in [3.63, 3.8) is 0 Å². The summed E-state index contributed by atoms with van der Waals surface area (Å²) in [6.07, 6.45) is -8.15. The zero-order chi connectivity index (χ0) is 15.9. The first-order valence-electron chi connectivity index (χ1n) is 6.69. The van der Waals surface area contributed by atoms with Crippen LogP contribution in [-0.2, 0) is 4.74 Å². The van der Waals surface area contributed by atoms with Gasteiger partial charge in [0.1, 0.15) is 30.5 Å². The van der Waals surface area contributed by atoms with E-state index in [-0.39, 0.29) is 6.61 Å². The summed E-state index contributed by atoms with van der Waals surface area (Å²) in [5, 5.41) is 56.0. The van der Waals surface area contributed by atoms with E-state index >= 15 is 0 Å². The Kier molecular flexibility index (Phi) is 9.03. The fourth-order valence-corrected chi connectivity index (χ4v) is 2.20. The SMILES string of the molecule is C[Si](C)(C)CCOCC(O)[C@@H](O)[C@@H](O)[C@H](O)[C@H](O)CO. The maximum atomic E-state index is 9.64. The Bertz CT molecular complexity index is 259. The summed E-state index contributed by atoms with van der Waals surface area (Å²) in [5.41, 5.74) is 0. The van der Waals surface area contributed by atoms with Gasteiger partial charge < -0.3 is 35.4 Å². The first-order chi connectivity index (χ1) is 9.10. The van der Waals surface area contributed by atoms with Gasteiger partial charge in [0.25, 0.3) is 0 Å². The molecule has 20 heavy (non-hydrogen) atoms. The van der Waals surface area contributed by atoms with Crippen LogP contribution in [0, 0.1) is 0 Å². The fraction of sp³-hybridized carbons (Fsp3) is 1.00. The van der Waals surface area contributed by atoms with Crippen molar-refractivity contribution >= 4 is 8.07 Å². The number of hydrogen-bond acceptors (Lipinski definition) is 7. The summed E-state index contributed by atoms with van der Waals surface area (Å²) >= 11 is 0. The molecule has 0 saturated heterocycles. The molecule has 5 atom stereocenters. The van der Waals surface area contributed by atoms with Crippen LogP contribution in [-0.4, -0.2) is 89.1 Å². The standard InChI is InChI=1S/C12H28O7Si/c1-20(2,3)5-4-19-7-9(15)11(17)12(18)10(16)8(14)6-13/h8-18H,4-7H2,1-3H3/t8-,9?,10-,11-,12+/m1/s1. The van der Waals surface area contributed by atoms with E-state index in [0.29, 0.717) is 6.61 Å². The van der Waals surface area contributed by atoms with Crippen LogP contribution in [0.1, 0.15) is 0 Å². The fourth-order valence-electron chi connectivity index (χ4n) is 1.45. The lowest BCUT2D eigenvalue weighted by atomic mass is 10.00. The average molecular weight is 312 g/mol. The summed E-state index contributed by atoms with van der Waals surface area (Å²) < 4.78 is 5.23. The van der Waals surface area contributed by atoms with Gasteiger partial charge in [-0.3, -0.25) is 0 Å². The van der Waals surface area contributed by atoms with Crippen molar-refractivity contribution in [2.45, 2.75) is 56.2 Å². The number of rotatable bonds is 10. The van der Waals surface area contributed by atoms with E-state index in [1.54, 1.807) is 0 Å². The molecule has 0 heterocycles. The second-order valence-corrected chi connectivity index (χ2v) is 11.8. The minimum absolute atomic E-state index is 0.176. The van der Waals surface area contributed by atoms with Gasteiger partial charge in [-0.25, -0.2) is 0 Å². The molecule has 8 heteroatoms. The third-order valence-corrected chi connectivity index (χ3v) is 4.66. The van der Waals surface area contributed by atoms with Gasteiger partial charge in [0, 0.05) is 14.7 Å². The summed E-state index contributed by atoms with van der Waals surface area (Å²) in [4.78, 5) is 0. The van der Waals surface area contributed by atoms with Crippen molar-refractivity contribution < 1.29 is 35.4 Å². The summed E-state index contributed by atoms with van der Waals surface area (Å²) in [7, 11) is -1.24. The van der Waals surface area contributed by atoms with Gasteiger partial charge in [-0.1, -0.05) is 19.6 Å². The molecule has 6 N–H and O–H groups in total. The Hall–Kier alpha value is -0.0631. The molecule has 0 aliphatic rings. The molecule has 122 valence electrons. The van der Waals surface area contributed by atoms with E-state index < -0.39 is 45.2 Å². The van der Waals surface area contributed by atoms with Crippen molar-refractivity contribution in [2.75, 3.05) is 19.8 Å². The van der Waals surface area contributed by atoms with Crippen molar-refractivity contribution in [2.24, 2.45) is 0 Å². The van der Waals surface area contributed by atoms with Gasteiger partial charge in [0.15, 0.2) is 0 Å². The zero-order valence-electron chi connectivity index (χ0n) is 12.3. The second kappa shape index (κ2) is 9.06. The lowest BCUT2D eigenvalue weighted by Gasteiger charge is -2.28. The van der Waals surface area contributed by atoms with Crippen LogP contribution in [0.5, 0.6) is 0 Å². The summed E-state index contributed by atoms with van der Waals surface area (Å²) in [6.45, 7) is 6.06. The monoisotopic (exact) mass is 312 g/mol. The second-order valence-electron chi connectivity index (χ2n) is 6.17. The van der Waals surface area contributed by atoms with E-state index in [1.165, 1.54) is 0 Å². The van der Waals surface area contributed by atoms with E-state index in [4.69, 9.17) is 14.9 Å². The lowest BCUT2D eigenvalue weighted by molar-refractivity contribution is -0.149. The molecule has 0 aromatic rings. The first kappa shape index (κ1) is 19.9. The zero-order valence-corrected chi connectivity index (χ0v) is 13.3. The molecule has 1 unspecified atom stereocenters. The molecule has 0 amide bonds. The molecule has 0 fully saturated rings. The lowest BCUT2D eigenvalue weighted by Crippen LogP contribution is -2.51. The Labute approximate surface area is 120 Å². The van der Waals surface area contributed by atoms with Crippen LogP contribution in [0.2, 0.25) is 25.7 Å². The Morgan fingerprint density at radius 2 is 1.35 bits per heavy atom. The highest BCUT2D eigenvalue weighted by molar-refractivity contribution is 6.76. The van der Waals surface area contributed by atoms with Crippen LogP contribution in [0.4, 0.5) is 0 Å². The van der Waals surface area contributed by atoms with Gasteiger partial charge in [-0.05, 0) is 6.04 Å². The van der Waals surface area contributed by atoms with Gasteiger partial charge >= 0.3 is 0 Å². The van der Waals surface area contributed by atoms with Crippen molar-refractivity contribution in [3.8, 4) is 0 Å². The average Bonchev–Trinajstić information content (AvgIpc) is 2.38. The van der Waals surface area contributed by atoms with Crippen molar-refractivity contribution in [1.82, 2.24) is 0 Å². The number of aliphatic hydroxyl groups excluding tert-OH is 6. The third-order valence-electron chi connectivity index (χ3n) is 2.96. The molecule has 7 nitrogen and oxygen atoms in total. The molecular weight excluding hydrogens is 284 g/mol. The highest BCUT2D eigenvalue weighted by Gasteiger charge is 2.34. The van der Waals surface area contributed by atoms with Crippen LogP contribution in [0.15, 0.2) is 0 Å². The van der Waals surface area contributed by atoms with E-state index in [1.807, 2.05) is 0 Å². The van der Waals surface area contributed by atoms with E-state index in [2.05, 4.69) is 19.6 Å². The Morgan fingerprint density at radius 1 is 0.850 bits per heavy atom. The highest BCUT2D eigenvalue weighted by atomic mass is 28.3. The summed E-state index contributed by atoms with van der Waals surface area (Å²) in [6, 6.07) is 0.907. The maximum Gasteiger partial charge on any atom is 0.111 e. The first-order valence-corrected chi connectivity index (χ1v) is 10.4. The smallest absolute Gasteiger partial charge is 0.111 e. The van der Waals surface area contributed by atoms with Gasteiger partial charge in [-0.2, -0.15) is 0 Å². The predicted molar refractivity (Wildman–Crippen MR) is 76.1 cm³/mol. The van der Waals surface area contributed by atoms with E-state index in [9.17, 15) is 20.4 Å². The van der Waals surface area contributed by atoms with Gasteiger partial charge in [0.05, 0.1) is 13.2 Å². The minimum Gasteiger partial charge on any atom is -0.394 e. The van der Waals surface area contributed by atoms with Crippen LogP contribution in [0.25, 0.3) is 0 Å². The van der Waals surface area contributed by atoms with E-state index in [0.717, 1.165) is 6.04 Å².